The number of rotatable bonds is 5. The Labute approximate surface area is 146 Å². The summed E-state index contributed by atoms with van der Waals surface area (Å²) in [6.07, 6.45) is 6.28. The monoisotopic (exact) mass is 338 g/mol. The Balaban J connectivity index is 1.51. The van der Waals surface area contributed by atoms with Gasteiger partial charge in [-0.25, -0.2) is 4.68 Å². The van der Waals surface area contributed by atoms with Crippen LogP contribution in [0.2, 0.25) is 0 Å². The van der Waals surface area contributed by atoms with Crippen LogP contribution in [0.25, 0.3) is 11.3 Å². The van der Waals surface area contributed by atoms with Gasteiger partial charge in [0.25, 0.3) is 0 Å². The van der Waals surface area contributed by atoms with Gasteiger partial charge in [0, 0.05) is 29.8 Å². The van der Waals surface area contributed by atoms with Gasteiger partial charge in [-0.15, -0.1) is 5.10 Å². The van der Waals surface area contributed by atoms with E-state index in [1.807, 2.05) is 35.1 Å². The van der Waals surface area contributed by atoms with E-state index in [2.05, 4.69) is 32.0 Å². The Bertz CT molecular complexity index is 816. The van der Waals surface area contributed by atoms with Crippen LogP contribution < -0.4 is 10.1 Å². The molecular formula is C18H22N6O. The van der Waals surface area contributed by atoms with Crippen LogP contribution in [0.4, 0.5) is 0 Å². The predicted molar refractivity (Wildman–Crippen MR) is 94.5 cm³/mol. The van der Waals surface area contributed by atoms with E-state index in [1.165, 1.54) is 12.8 Å². The molecule has 0 unspecified atom stereocenters. The van der Waals surface area contributed by atoms with Crippen LogP contribution in [0.15, 0.2) is 36.7 Å². The van der Waals surface area contributed by atoms with Crippen LogP contribution in [0.1, 0.15) is 30.0 Å². The van der Waals surface area contributed by atoms with E-state index in [9.17, 15) is 0 Å². The molecule has 1 aromatic carbocycles. The van der Waals surface area contributed by atoms with Crippen molar-refractivity contribution in [3.05, 3.63) is 47.9 Å². The van der Waals surface area contributed by atoms with Gasteiger partial charge in [0.05, 0.1) is 31.2 Å². The van der Waals surface area contributed by atoms with Crippen LogP contribution in [0.3, 0.4) is 0 Å². The molecule has 0 radical (unpaired) electrons. The molecule has 2 aromatic heterocycles. The first-order valence-corrected chi connectivity index (χ1v) is 8.61. The van der Waals surface area contributed by atoms with Gasteiger partial charge in [-0.05, 0) is 43.7 Å². The normalized spacial score (nSPS) is 17.6. The summed E-state index contributed by atoms with van der Waals surface area (Å²) in [5.41, 5.74) is 4.23. The Hall–Kier alpha value is -2.67. The van der Waals surface area contributed by atoms with E-state index in [1.54, 1.807) is 7.11 Å². The highest BCUT2D eigenvalue weighted by Crippen LogP contribution is 2.25. The lowest BCUT2D eigenvalue weighted by Crippen LogP contribution is -2.28. The van der Waals surface area contributed by atoms with Crippen molar-refractivity contribution in [1.82, 2.24) is 30.5 Å². The van der Waals surface area contributed by atoms with E-state index >= 15 is 0 Å². The van der Waals surface area contributed by atoms with E-state index in [4.69, 9.17) is 4.74 Å². The molecule has 0 amide bonds. The van der Waals surface area contributed by atoms with Crippen LogP contribution in [0, 0.1) is 0 Å². The number of hydrogen-bond donors (Lipinski definition) is 2. The van der Waals surface area contributed by atoms with E-state index in [0.717, 1.165) is 41.4 Å². The summed E-state index contributed by atoms with van der Waals surface area (Å²) >= 11 is 0. The number of hydrogen-bond acceptors (Lipinski definition) is 5. The Kier molecular flexibility index (Phi) is 4.47. The van der Waals surface area contributed by atoms with Crippen molar-refractivity contribution < 1.29 is 4.74 Å². The fraction of sp³-hybridized carbons (Fsp3) is 0.389. The number of methoxy groups -OCH3 is 1. The summed E-state index contributed by atoms with van der Waals surface area (Å²) in [5.74, 6) is 1.31. The SMILES string of the molecule is COc1ccc(-c2[nH]ncc2Cn2cc([C@@H]3CCCNC3)nn2)cc1. The lowest BCUT2D eigenvalue weighted by Gasteiger charge is -2.20. The molecule has 1 saturated heterocycles. The molecule has 25 heavy (non-hydrogen) atoms. The van der Waals surface area contributed by atoms with E-state index in [0.29, 0.717) is 12.5 Å². The summed E-state index contributed by atoms with van der Waals surface area (Å²) in [4.78, 5) is 0. The third-order valence-electron chi connectivity index (χ3n) is 4.70. The molecule has 0 saturated carbocycles. The summed E-state index contributed by atoms with van der Waals surface area (Å²) in [7, 11) is 1.67. The van der Waals surface area contributed by atoms with E-state index in [-0.39, 0.29) is 0 Å². The maximum Gasteiger partial charge on any atom is 0.118 e. The van der Waals surface area contributed by atoms with Gasteiger partial charge in [0.15, 0.2) is 0 Å². The number of H-pyrrole nitrogens is 1. The number of nitrogens with zero attached hydrogens (tertiary/aromatic N) is 4. The van der Waals surface area contributed by atoms with Gasteiger partial charge >= 0.3 is 0 Å². The zero-order valence-electron chi connectivity index (χ0n) is 14.3. The molecule has 0 bridgehead atoms. The smallest absolute Gasteiger partial charge is 0.118 e. The second kappa shape index (κ2) is 7.06. The van der Waals surface area contributed by atoms with Crippen molar-refractivity contribution in [2.45, 2.75) is 25.3 Å². The standard InChI is InChI=1S/C18H22N6O/c1-25-16-6-4-13(5-7-16)18-15(10-20-22-18)11-24-12-17(21-23-24)14-3-2-8-19-9-14/h4-7,10,12,14,19H,2-3,8-9,11H2,1H3,(H,20,22)/t14-/m1/s1. The highest BCUT2D eigenvalue weighted by molar-refractivity contribution is 5.63. The fourth-order valence-electron chi connectivity index (χ4n) is 3.30. The Morgan fingerprint density at radius 2 is 2.16 bits per heavy atom. The number of aromatic nitrogens is 5. The van der Waals surface area contributed by atoms with Crippen molar-refractivity contribution >= 4 is 0 Å². The van der Waals surface area contributed by atoms with Crippen molar-refractivity contribution in [2.75, 3.05) is 20.2 Å². The highest BCUT2D eigenvalue weighted by Gasteiger charge is 2.18. The number of ether oxygens (including phenoxy) is 1. The molecule has 7 heteroatoms. The number of nitrogens with one attached hydrogen (secondary N) is 2. The minimum atomic E-state index is 0.466. The van der Waals surface area contributed by atoms with Gasteiger partial charge in [0.1, 0.15) is 5.75 Å². The second-order valence-corrected chi connectivity index (χ2v) is 6.38. The Morgan fingerprint density at radius 1 is 1.28 bits per heavy atom. The molecule has 1 atom stereocenters. The van der Waals surface area contributed by atoms with Crippen molar-refractivity contribution in [2.24, 2.45) is 0 Å². The number of benzene rings is 1. The Morgan fingerprint density at radius 3 is 2.92 bits per heavy atom. The average molecular weight is 338 g/mol. The summed E-state index contributed by atoms with van der Waals surface area (Å²) < 4.78 is 7.11. The molecular weight excluding hydrogens is 316 g/mol. The zero-order chi connectivity index (χ0) is 17.1. The number of aromatic amines is 1. The lowest BCUT2D eigenvalue weighted by molar-refractivity contribution is 0.415. The highest BCUT2D eigenvalue weighted by atomic mass is 16.5. The first-order chi connectivity index (χ1) is 12.3. The van der Waals surface area contributed by atoms with Crippen LogP contribution in [-0.2, 0) is 6.54 Å². The van der Waals surface area contributed by atoms with Gasteiger partial charge < -0.3 is 10.1 Å². The summed E-state index contributed by atoms with van der Waals surface area (Å²) in [6, 6.07) is 7.94. The molecule has 3 heterocycles. The minimum Gasteiger partial charge on any atom is -0.497 e. The fourth-order valence-corrected chi connectivity index (χ4v) is 3.30. The van der Waals surface area contributed by atoms with E-state index < -0.39 is 0 Å². The van der Waals surface area contributed by atoms with Crippen molar-refractivity contribution in [3.63, 3.8) is 0 Å². The minimum absolute atomic E-state index is 0.466. The maximum atomic E-state index is 5.22. The maximum absolute atomic E-state index is 5.22. The predicted octanol–water partition coefficient (Wildman–Crippen LogP) is 2.19. The largest absolute Gasteiger partial charge is 0.497 e. The van der Waals surface area contributed by atoms with Crippen molar-refractivity contribution in [1.29, 1.82) is 0 Å². The lowest BCUT2D eigenvalue weighted by atomic mass is 9.97. The molecule has 7 nitrogen and oxygen atoms in total. The third kappa shape index (κ3) is 3.41. The van der Waals surface area contributed by atoms with Gasteiger partial charge in [-0.1, -0.05) is 5.21 Å². The molecule has 130 valence electrons. The van der Waals surface area contributed by atoms with Crippen LogP contribution in [-0.4, -0.2) is 45.4 Å². The molecule has 0 spiro atoms. The van der Waals surface area contributed by atoms with Crippen molar-refractivity contribution in [3.8, 4) is 17.0 Å². The topological polar surface area (TPSA) is 80.6 Å². The van der Waals surface area contributed by atoms with Gasteiger partial charge in [0.2, 0.25) is 0 Å². The third-order valence-corrected chi connectivity index (χ3v) is 4.70. The molecule has 0 aliphatic carbocycles. The zero-order valence-corrected chi connectivity index (χ0v) is 14.3. The van der Waals surface area contributed by atoms with Gasteiger partial charge in [-0.2, -0.15) is 5.10 Å². The molecule has 1 fully saturated rings. The first-order valence-electron chi connectivity index (χ1n) is 8.61. The molecule has 4 rings (SSSR count). The van der Waals surface area contributed by atoms with Crippen LogP contribution >= 0.6 is 0 Å². The molecule has 1 aliphatic rings. The molecule has 1 aliphatic heterocycles. The first kappa shape index (κ1) is 15.8. The summed E-state index contributed by atoms with van der Waals surface area (Å²) in [5, 5.41) is 19.4. The molecule has 2 N–H and O–H groups in total. The van der Waals surface area contributed by atoms with Crippen LogP contribution in [0.5, 0.6) is 5.75 Å². The quantitative estimate of drug-likeness (QED) is 0.745. The van der Waals surface area contributed by atoms with Gasteiger partial charge in [-0.3, -0.25) is 5.10 Å². The second-order valence-electron chi connectivity index (χ2n) is 6.38. The summed E-state index contributed by atoms with van der Waals surface area (Å²) in [6.45, 7) is 2.73. The number of piperidine rings is 1. The average Bonchev–Trinajstić information content (AvgIpc) is 3.33. The molecule has 3 aromatic rings.